The van der Waals surface area contributed by atoms with Crippen LogP contribution in [-0.2, 0) is 4.79 Å². The standard InChI is InChI=1S/C24H51N2O2/c1-5-7-8-9-10-11-12-13-14-15-16-17-18-19-20-21-24(28)25(3)26(4,6-2)22-23-27/h27H,5-23H2,1-4H3/q+1. The molecule has 1 amide bonds. The summed E-state index contributed by atoms with van der Waals surface area (Å²) in [4.78, 5) is 12.4. The summed E-state index contributed by atoms with van der Waals surface area (Å²) in [6.07, 6.45) is 20.8. The Morgan fingerprint density at radius 1 is 0.750 bits per heavy atom. The van der Waals surface area contributed by atoms with Gasteiger partial charge in [0, 0.05) is 6.42 Å². The average Bonchev–Trinajstić information content (AvgIpc) is 2.70. The highest BCUT2D eigenvalue weighted by Gasteiger charge is 2.28. The normalized spacial score (nSPS) is 13.5. The van der Waals surface area contributed by atoms with Crippen LogP contribution in [0.5, 0.6) is 0 Å². The molecule has 0 fully saturated rings. The molecule has 0 saturated heterocycles. The lowest BCUT2D eigenvalue weighted by Gasteiger charge is -2.39. The van der Waals surface area contributed by atoms with E-state index in [4.69, 9.17) is 0 Å². The van der Waals surface area contributed by atoms with Gasteiger partial charge in [-0.05, 0) is 13.3 Å². The van der Waals surface area contributed by atoms with Crippen molar-refractivity contribution >= 4 is 5.91 Å². The van der Waals surface area contributed by atoms with E-state index < -0.39 is 0 Å². The van der Waals surface area contributed by atoms with E-state index in [2.05, 4.69) is 13.8 Å². The van der Waals surface area contributed by atoms with Crippen molar-refractivity contribution in [3.8, 4) is 0 Å². The van der Waals surface area contributed by atoms with E-state index in [1.807, 2.05) is 14.1 Å². The molecule has 0 aromatic carbocycles. The summed E-state index contributed by atoms with van der Waals surface area (Å²) in [7, 11) is 3.88. The molecule has 4 nitrogen and oxygen atoms in total. The minimum Gasteiger partial charge on any atom is -0.390 e. The minimum absolute atomic E-state index is 0.112. The molecular weight excluding hydrogens is 348 g/mol. The molecule has 4 heteroatoms. The molecule has 28 heavy (non-hydrogen) atoms. The predicted octanol–water partition coefficient (Wildman–Crippen LogP) is 6.08. The smallest absolute Gasteiger partial charge is 0.267 e. The molecule has 0 radical (unpaired) electrons. The zero-order valence-corrected chi connectivity index (χ0v) is 19.7. The molecule has 0 aliphatic heterocycles. The first-order chi connectivity index (χ1) is 13.5. The summed E-state index contributed by atoms with van der Waals surface area (Å²) < 4.78 is 0.494. The number of rotatable bonds is 20. The van der Waals surface area contributed by atoms with Crippen molar-refractivity contribution < 1.29 is 14.5 Å². The Hall–Kier alpha value is -0.610. The third kappa shape index (κ3) is 13.5. The van der Waals surface area contributed by atoms with Gasteiger partial charge in [0.25, 0.3) is 5.91 Å². The van der Waals surface area contributed by atoms with Gasteiger partial charge in [-0.15, -0.1) is 0 Å². The summed E-state index contributed by atoms with van der Waals surface area (Å²) in [5.74, 6) is 0.201. The van der Waals surface area contributed by atoms with E-state index >= 15 is 0 Å². The van der Waals surface area contributed by atoms with Crippen molar-refractivity contribution in [1.82, 2.24) is 5.01 Å². The Bertz CT molecular complexity index is 363. The van der Waals surface area contributed by atoms with Gasteiger partial charge in [-0.25, -0.2) is 4.59 Å². The second kappa shape index (κ2) is 18.4. The van der Waals surface area contributed by atoms with E-state index in [1.54, 1.807) is 5.01 Å². The Labute approximate surface area is 176 Å². The van der Waals surface area contributed by atoms with Crippen LogP contribution in [0.1, 0.15) is 117 Å². The largest absolute Gasteiger partial charge is 0.390 e. The monoisotopic (exact) mass is 399 g/mol. The maximum Gasteiger partial charge on any atom is 0.267 e. The van der Waals surface area contributed by atoms with Crippen molar-refractivity contribution in [2.75, 3.05) is 33.8 Å². The number of likely N-dealkylation sites (N-methyl/N-ethyl adjacent to an activating group) is 1. The van der Waals surface area contributed by atoms with Crippen LogP contribution in [0.4, 0.5) is 0 Å². The van der Waals surface area contributed by atoms with Gasteiger partial charge in [-0.1, -0.05) is 96.8 Å². The predicted molar refractivity (Wildman–Crippen MR) is 121 cm³/mol. The minimum atomic E-state index is 0.112. The first-order valence-corrected chi connectivity index (χ1v) is 12.2. The van der Waals surface area contributed by atoms with Gasteiger partial charge >= 0.3 is 0 Å². The molecule has 168 valence electrons. The highest BCUT2D eigenvalue weighted by atomic mass is 16.3. The third-order valence-electron chi connectivity index (χ3n) is 6.34. The molecule has 1 atom stereocenters. The molecule has 0 heterocycles. The maximum atomic E-state index is 12.4. The van der Waals surface area contributed by atoms with E-state index in [-0.39, 0.29) is 12.5 Å². The van der Waals surface area contributed by atoms with E-state index in [0.717, 1.165) is 19.4 Å². The molecule has 1 N–H and O–H groups in total. The van der Waals surface area contributed by atoms with Crippen LogP contribution in [0.15, 0.2) is 0 Å². The van der Waals surface area contributed by atoms with E-state index in [1.165, 1.54) is 83.5 Å². The van der Waals surface area contributed by atoms with Gasteiger partial charge in [-0.2, -0.15) is 5.01 Å². The van der Waals surface area contributed by atoms with Crippen LogP contribution < -0.4 is 0 Å². The fraction of sp³-hybridized carbons (Fsp3) is 0.958. The maximum absolute atomic E-state index is 12.4. The first-order valence-electron chi connectivity index (χ1n) is 12.2. The molecular formula is C24H51N2O2+. The molecule has 0 aromatic rings. The summed E-state index contributed by atoms with van der Waals surface area (Å²) in [5, 5.41) is 11.0. The van der Waals surface area contributed by atoms with Crippen molar-refractivity contribution in [2.24, 2.45) is 0 Å². The lowest BCUT2D eigenvalue weighted by Crippen LogP contribution is -2.59. The molecule has 0 saturated carbocycles. The van der Waals surface area contributed by atoms with Gasteiger partial charge in [0.05, 0.1) is 27.2 Å². The molecule has 0 bridgehead atoms. The van der Waals surface area contributed by atoms with Crippen LogP contribution in [0.3, 0.4) is 0 Å². The second-order valence-electron chi connectivity index (χ2n) is 8.72. The van der Waals surface area contributed by atoms with Gasteiger partial charge in [-0.3, -0.25) is 4.79 Å². The Kier molecular flexibility index (Phi) is 18.0. The highest BCUT2D eigenvalue weighted by molar-refractivity contribution is 5.74. The van der Waals surface area contributed by atoms with E-state index in [0.29, 0.717) is 17.6 Å². The quantitative estimate of drug-likeness (QED) is 0.153. The van der Waals surface area contributed by atoms with Crippen LogP contribution in [-0.4, -0.2) is 54.4 Å². The number of amides is 1. The summed E-state index contributed by atoms with van der Waals surface area (Å²) in [5.41, 5.74) is 0. The number of hydrogen-bond donors (Lipinski definition) is 1. The molecule has 1 unspecified atom stereocenters. The second-order valence-corrected chi connectivity index (χ2v) is 8.72. The van der Waals surface area contributed by atoms with Crippen molar-refractivity contribution in [1.29, 1.82) is 0 Å². The lowest BCUT2D eigenvalue weighted by atomic mass is 10.0. The first kappa shape index (κ1) is 27.4. The third-order valence-corrected chi connectivity index (χ3v) is 6.34. The number of aliphatic hydroxyl groups excluding tert-OH is 1. The fourth-order valence-electron chi connectivity index (χ4n) is 3.81. The van der Waals surface area contributed by atoms with Crippen LogP contribution in [0.25, 0.3) is 0 Å². The highest BCUT2D eigenvalue weighted by Crippen LogP contribution is 2.15. The number of carbonyl (C=O) groups excluding carboxylic acids is 1. The van der Waals surface area contributed by atoms with E-state index in [9.17, 15) is 9.90 Å². The number of quaternary nitrogens is 1. The van der Waals surface area contributed by atoms with Crippen molar-refractivity contribution in [3.05, 3.63) is 0 Å². The van der Waals surface area contributed by atoms with Gasteiger partial charge < -0.3 is 5.11 Å². The number of carbonyl (C=O) groups is 1. The number of nitrogens with zero attached hydrogens (tertiary/aromatic N) is 2. The zero-order valence-electron chi connectivity index (χ0n) is 19.7. The SMILES string of the molecule is CCCCCCCCCCCCCCCCCC(=O)N(C)[N+](C)(CC)CCO. The van der Waals surface area contributed by atoms with Gasteiger partial charge in [0.2, 0.25) is 0 Å². The lowest BCUT2D eigenvalue weighted by molar-refractivity contribution is -1.00. The topological polar surface area (TPSA) is 40.5 Å². The van der Waals surface area contributed by atoms with Gasteiger partial charge in [0.1, 0.15) is 6.54 Å². The Balaban J connectivity index is 3.49. The van der Waals surface area contributed by atoms with Crippen molar-refractivity contribution in [3.63, 3.8) is 0 Å². The molecule has 0 spiro atoms. The number of hydrogen-bond acceptors (Lipinski definition) is 2. The van der Waals surface area contributed by atoms with Gasteiger partial charge in [0.15, 0.2) is 0 Å². The number of unbranched alkanes of at least 4 members (excludes halogenated alkanes) is 14. The number of aliphatic hydroxyl groups is 1. The van der Waals surface area contributed by atoms with Crippen LogP contribution in [0.2, 0.25) is 0 Å². The summed E-state index contributed by atoms with van der Waals surface area (Å²) >= 11 is 0. The molecule has 0 rings (SSSR count). The fourth-order valence-corrected chi connectivity index (χ4v) is 3.81. The average molecular weight is 400 g/mol. The summed E-state index contributed by atoms with van der Waals surface area (Å²) in [6, 6.07) is 0. The Morgan fingerprint density at radius 2 is 1.14 bits per heavy atom. The Morgan fingerprint density at radius 3 is 1.50 bits per heavy atom. The van der Waals surface area contributed by atoms with Crippen molar-refractivity contribution in [2.45, 2.75) is 117 Å². The van der Waals surface area contributed by atoms with Crippen LogP contribution in [0, 0.1) is 0 Å². The molecule has 0 aliphatic carbocycles. The zero-order chi connectivity index (χ0) is 21.1. The summed E-state index contributed by atoms with van der Waals surface area (Å²) in [6.45, 7) is 5.87. The molecule has 0 aliphatic rings. The molecule has 0 aromatic heterocycles. The van der Waals surface area contributed by atoms with Crippen LogP contribution >= 0.6 is 0 Å².